The first-order valence-corrected chi connectivity index (χ1v) is 10.6. The predicted molar refractivity (Wildman–Crippen MR) is 116 cm³/mol. The van der Waals surface area contributed by atoms with Gasteiger partial charge in [-0.3, -0.25) is 14.5 Å². The molecule has 1 aliphatic heterocycles. The molecule has 0 unspecified atom stereocenters. The van der Waals surface area contributed by atoms with E-state index in [2.05, 4.69) is 10.4 Å². The number of benzene rings is 1. The van der Waals surface area contributed by atoms with Crippen molar-refractivity contribution in [1.82, 2.24) is 9.91 Å². The van der Waals surface area contributed by atoms with Crippen LogP contribution < -0.4 is 5.32 Å². The van der Waals surface area contributed by atoms with Gasteiger partial charge in [-0.1, -0.05) is 12.1 Å². The lowest BCUT2D eigenvalue weighted by atomic mass is 10.1. The Balaban J connectivity index is 1.41. The lowest BCUT2D eigenvalue weighted by Crippen LogP contribution is -2.39. The number of carbonyl (C=O) groups excluding carboxylic acids is 2. The molecule has 0 saturated heterocycles. The average Bonchev–Trinajstić information content (AvgIpc) is 3.47. The van der Waals surface area contributed by atoms with E-state index in [-0.39, 0.29) is 30.9 Å². The molecule has 0 bridgehead atoms. The molecule has 2 amide bonds. The van der Waals surface area contributed by atoms with Crippen LogP contribution in [-0.4, -0.2) is 47.6 Å². The minimum Gasteiger partial charge on any atom is -0.463 e. The molecule has 160 valence electrons. The van der Waals surface area contributed by atoms with Crippen LogP contribution in [0.5, 0.6) is 0 Å². The van der Waals surface area contributed by atoms with Crippen LogP contribution in [0.1, 0.15) is 23.1 Å². The van der Waals surface area contributed by atoms with Gasteiger partial charge in [-0.25, -0.2) is 9.40 Å². The molecule has 4 rings (SSSR count). The van der Waals surface area contributed by atoms with Gasteiger partial charge in [0.15, 0.2) is 0 Å². The van der Waals surface area contributed by atoms with Gasteiger partial charge in [0, 0.05) is 17.0 Å². The highest BCUT2D eigenvalue weighted by Crippen LogP contribution is 2.35. The highest BCUT2D eigenvalue weighted by molar-refractivity contribution is 7.10. The van der Waals surface area contributed by atoms with Crippen LogP contribution in [0.4, 0.5) is 10.1 Å². The number of halogens is 1. The van der Waals surface area contributed by atoms with Crippen molar-refractivity contribution in [3.05, 3.63) is 76.6 Å². The molecule has 31 heavy (non-hydrogen) atoms. The molecule has 1 N–H and O–H groups in total. The Labute approximate surface area is 182 Å². The number of rotatable bonds is 7. The van der Waals surface area contributed by atoms with Crippen LogP contribution in [-0.2, 0) is 9.59 Å². The molecule has 1 atom stereocenters. The SMILES string of the molecule is CN(CC(=O)Nc1cccc(F)c1)CC(=O)N1N=C(c2ccco2)C[C@H]1c1cccs1. The molecule has 1 aromatic carbocycles. The molecular weight excluding hydrogens is 419 g/mol. The third-order valence-electron chi connectivity index (χ3n) is 4.77. The zero-order valence-electron chi connectivity index (χ0n) is 16.8. The van der Waals surface area contributed by atoms with Crippen LogP contribution in [0, 0.1) is 5.82 Å². The summed E-state index contributed by atoms with van der Waals surface area (Å²) in [6.07, 6.45) is 2.14. The van der Waals surface area contributed by atoms with Gasteiger partial charge in [0.1, 0.15) is 17.3 Å². The maximum Gasteiger partial charge on any atom is 0.257 e. The van der Waals surface area contributed by atoms with E-state index in [9.17, 15) is 14.0 Å². The minimum absolute atomic E-state index is 0.00732. The van der Waals surface area contributed by atoms with Crippen molar-refractivity contribution in [2.24, 2.45) is 5.10 Å². The van der Waals surface area contributed by atoms with E-state index in [0.29, 0.717) is 23.6 Å². The van der Waals surface area contributed by atoms with Gasteiger partial charge >= 0.3 is 0 Å². The zero-order chi connectivity index (χ0) is 21.8. The minimum atomic E-state index is -0.430. The Bertz CT molecular complexity index is 1080. The number of carbonyl (C=O) groups is 2. The van der Waals surface area contributed by atoms with Crippen LogP contribution in [0.15, 0.2) is 69.7 Å². The van der Waals surface area contributed by atoms with Gasteiger partial charge in [0.2, 0.25) is 5.91 Å². The Morgan fingerprint density at radius 2 is 2.13 bits per heavy atom. The first-order valence-electron chi connectivity index (χ1n) is 9.70. The fourth-order valence-electron chi connectivity index (χ4n) is 3.41. The number of amides is 2. The summed E-state index contributed by atoms with van der Waals surface area (Å²) in [6, 6.07) is 13.0. The molecule has 0 radical (unpaired) electrons. The summed E-state index contributed by atoms with van der Waals surface area (Å²) in [5.41, 5.74) is 1.08. The second-order valence-corrected chi connectivity index (χ2v) is 8.21. The van der Waals surface area contributed by atoms with Crippen molar-refractivity contribution in [1.29, 1.82) is 0 Å². The van der Waals surface area contributed by atoms with Crippen LogP contribution >= 0.6 is 11.3 Å². The van der Waals surface area contributed by atoms with Crippen LogP contribution in [0.2, 0.25) is 0 Å². The van der Waals surface area contributed by atoms with Crippen molar-refractivity contribution >= 4 is 34.6 Å². The number of likely N-dealkylation sites (N-methyl/N-ethyl adjacent to an activating group) is 1. The number of nitrogens with zero attached hydrogens (tertiary/aromatic N) is 3. The molecule has 0 fully saturated rings. The van der Waals surface area contributed by atoms with E-state index in [0.717, 1.165) is 4.88 Å². The fraction of sp³-hybridized carbons (Fsp3) is 0.227. The second kappa shape index (κ2) is 9.23. The Morgan fingerprint density at radius 3 is 2.84 bits per heavy atom. The number of hydrogen-bond donors (Lipinski definition) is 1. The topological polar surface area (TPSA) is 78.2 Å². The quantitative estimate of drug-likeness (QED) is 0.607. The average molecular weight is 441 g/mol. The molecule has 9 heteroatoms. The third-order valence-corrected chi connectivity index (χ3v) is 5.74. The highest BCUT2D eigenvalue weighted by atomic mass is 32.1. The van der Waals surface area contributed by atoms with E-state index in [1.54, 1.807) is 41.7 Å². The molecule has 0 aliphatic carbocycles. The predicted octanol–water partition coefficient (Wildman–Crippen LogP) is 3.73. The maximum atomic E-state index is 13.3. The number of anilines is 1. The summed E-state index contributed by atoms with van der Waals surface area (Å²) in [5.74, 6) is -0.349. The molecule has 7 nitrogen and oxygen atoms in total. The number of thiophene rings is 1. The summed E-state index contributed by atoms with van der Waals surface area (Å²) in [5, 5.41) is 10.6. The third kappa shape index (κ3) is 5.07. The Morgan fingerprint density at radius 1 is 1.26 bits per heavy atom. The van der Waals surface area contributed by atoms with Crippen molar-refractivity contribution in [3.8, 4) is 0 Å². The monoisotopic (exact) mass is 440 g/mol. The Hall–Kier alpha value is -3.30. The van der Waals surface area contributed by atoms with Gasteiger partial charge in [0.25, 0.3) is 5.91 Å². The van der Waals surface area contributed by atoms with Gasteiger partial charge in [-0.15, -0.1) is 11.3 Å². The molecule has 3 heterocycles. The number of hydrogen-bond acceptors (Lipinski definition) is 6. The standard InChI is InChI=1S/C22H21FN4O3S/c1-26(13-21(28)24-16-6-2-5-15(23)11-16)14-22(29)27-18(20-8-4-10-31-20)12-17(25-27)19-7-3-9-30-19/h2-11,18H,12-14H2,1H3,(H,24,28)/t18-/m0/s1. The molecule has 3 aromatic rings. The largest absolute Gasteiger partial charge is 0.463 e. The van der Waals surface area contributed by atoms with Gasteiger partial charge in [-0.05, 0) is 48.8 Å². The smallest absolute Gasteiger partial charge is 0.257 e. The van der Waals surface area contributed by atoms with E-state index >= 15 is 0 Å². The summed E-state index contributed by atoms with van der Waals surface area (Å²) in [7, 11) is 1.68. The first-order chi connectivity index (χ1) is 15.0. The van der Waals surface area contributed by atoms with E-state index in [1.165, 1.54) is 23.2 Å². The van der Waals surface area contributed by atoms with Gasteiger partial charge < -0.3 is 9.73 Å². The Kier molecular flexibility index (Phi) is 6.24. The highest BCUT2D eigenvalue weighted by Gasteiger charge is 2.34. The van der Waals surface area contributed by atoms with Crippen LogP contribution in [0.3, 0.4) is 0 Å². The van der Waals surface area contributed by atoms with Crippen molar-refractivity contribution in [2.45, 2.75) is 12.5 Å². The zero-order valence-corrected chi connectivity index (χ0v) is 17.6. The first kappa shape index (κ1) is 21.0. The van der Waals surface area contributed by atoms with E-state index in [1.807, 2.05) is 23.6 Å². The summed E-state index contributed by atoms with van der Waals surface area (Å²) in [4.78, 5) is 27.9. The van der Waals surface area contributed by atoms with Crippen molar-refractivity contribution in [3.63, 3.8) is 0 Å². The number of hydrazone groups is 1. The van der Waals surface area contributed by atoms with Crippen molar-refractivity contribution in [2.75, 3.05) is 25.5 Å². The normalized spacial score (nSPS) is 15.9. The fourth-order valence-corrected chi connectivity index (χ4v) is 4.22. The van der Waals surface area contributed by atoms with Crippen LogP contribution in [0.25, 0.3) is 0 Å². The van der Waals surface area contributed by atoms with Gasteiger partial charge in [-0.2, -0.15) is 5.10 Å². The lowest BCUT2D eigenvalue weighted by Gasteiger charge is -2.23. The number of nitrogens with one attached hydrogen (secondary N) is 1. The summed E-state index contributed by atoms with van der Waals surface area (Å²) >= 11 is 1.57. The maximum absolute atomic E-state index is 13.3. The number of furan rings is 1. The van der Waals surface area contributed by atoms with Crippen molar-refractivity contribution < 1.29 is 18.4 Å². The lowest BCUT2D eigenvalue weighted by molar-refractivity contribution is -0.134. The van der Waals surface area contributed by atoms with Gasteiger partial charge in [0.05, 0.1) is 25.4 Å². The second-order valence-electron chi connectivity index (χ2n) is 7.23. The molecular formula is C22H21FN4O3S. The van der Waals surface area contributed by atoms with E-state index in [4.69, 9.17) is 4.42 Å². The molecule has 2 aromatic heterocycles. The molecule has 0 saturated carbocycles. The summed E-state index contributed by atoms with van der Waals surface area (Å²) in [6.45, 7) is -0.0120. The molecule has 1 aliphatic rings. The molecule has 0 spiro atoms. The summed E-state index contributed by atoms with van der Waals surface area (Å²) < 4.78 is 18.7. The van der Waals surface area contributed by atoms with E-state index < -0.39 is 5.82 Å².